The summed E-state index contributed by atoms with van der Waals surface area (Å²) in [5.74, 6) is 8.05. The molecule has 0 radical (unpaired) electrons. The van der Waals surface area contributed by atoms with Crippen molar-refractivity contribution in [3.8, 4) is 34.5 Å². The minimum atomic E-state index is -3.04. The zero-order valence-electron chi connectivity index (χ0n) is 16.1. The molecule has 4 nitrogen and oxygen atoms in total. The Labute approximate surface area is 175 Å². The van der Waals surface area contributed by atoms with Gasteiger partial charge >= 0.3 is 176 Å². The molecule has 4 heterocycles. The number of para-hydroxylation sites is 2. The number of ether oxygens (including phenoxy) is 3. The standard InChI is InChI=1S/C25H15GeNO3/c1-26-22-15-7-4-9-17(22)29-18-10-5-11-19(23(18)26)30-20-12-13-21-25(24(20)26)27(15)14-6-2-3-8-16(14)28-21/h2-13H,1H3. The molecular weight excluding hydrogens is 435 g/mol. The summed E-state index contributed by atoms with van der Waals surface area (Å²) >= 11 is -3.04. The normalized spacial score (nSPS) is 19.7. The molecule has 1 atom stereocenters. The van der Waals surface area contributed by atoms with Crippen LogP contribution in [0.2, 0.25) is 5.76 Å². The van der Waals surface area contributed by atoms with Crippen molar-refractivity contribution < 1.29 is 14.2 Å². The maximum atomic E-state index is 6.46. The molecule has 0 aliphatic carbocycles. The monoisotopic (exact) mass is 451 g/mol. The Morgan fingerprint density at radius 2 is 1.10 bits per heavy atom. The Morgan fingerprint density at radius 3 is 1.93 bits per heavy atom. The van der Waals surface area contributed by atoms with Crippen LogP contribution in [0.3, 0.4) is 0 Å². The average molecular weight is 450 g/mol. The van der Waals surface area contributed by atoms with Crippen LogP contribution in [0.4, 0.5) is 17.1 Å². The molecule has 8 rings (SSSR count). The quantitative estimate of drug-likeness (QED) is 0.309. The van der Waals surface area contributed by atoms with Crippen molar-refractivity contribution in [2.24, 2.45) is 0 Å². The number of fused-ring (bicyclic) bond motifs is 3. The van der Waals surface area contributed by atoms with E-state index in [-0.39, 0.29) is 0 Å². The summed E-state index contributed by atoms with van der Waals surface area (Å²) < 4.78 is 23.3. The molecule has 142 valence electrons. The molecule has 4 aromatic carbocycles. The van der Waals surface area contributed by atoms with Gasteiger partial charge in [0.1, 0.15) is 0 Å². The van der Waals surface area contributed by atoms with E-state index < -0.39 is 13.3 Å². The van der Waals surface area contributed by atoms with E-state index in [9.17, 15) is 0 Å². The number of hydrogen-bond donors (Lipinski definition) is 0. The summed E-state index contributed by atoms with van der Waals surface area (Å²) in [6, 6.07) is 25.0. The van der Waals surface area contributed by atoms with Crippen molar-refractivity contribution >= 4 is 43.5 Å². The molecule has 1 unspecified atom stereocenters. The number of nitrogens with zero attached hydrogens (tertiary/aromatic N) is 1. The number of anilines is 3. The van der Waals surface area contributed by atoms with Gasteiger partial charge in [0.25, 0.3) is 0 Å². The molecule has 5 heteroatoms. The molecule has 0 aromatic heterocycles. The molecule has 0 saturated heterocycles. The molecule has 4 aliphatic rings. The van der Waals surface area contributed by atoms with Gasteiger partial charge < -0.3 is 0 Å². The molecular formula is C25H15GeNO3. The Bertz CT molecular complexity index is 1450. The SMILES string of the molecule is [CH3][Ge]12[c]3c4cccc3Oc3ccc5c([c]31)N(c1ccccc1O5)c1cccc([c]12)O4. The van der Waals surface area contributed by atoms with E-state index in [2.05, 4.69) is 59.2 Å². The van der Waals surface area contributed by atoms with E-state index in [1.54, 1.807) is 0 Å². The molecule has 4 aliphatic heterocycles. The average Bonchev–Trinajstić information content (AvgIpc) is 2.77. The third kappa shape index (κ3) is 1.53. The first-order valence-corrected chi connectivity index (χ1v) is 15.4. The summed E-state index contributed by atoms with van der Waals surface area (Å²) in [6.07, 6.45) is 0. The Morgan fingerprint density at radius 1 is 0.533 bits per heavy atom. The van der Waals surface area contributed by atoms with E-state index >= 15 is 0 Å². The Kier molecular flexibility index (Phi) is 2.50. The van der Waals surface area contributed by atoms with Gasteiger partial charge in [0.05, 0.1) is 0 Å². The summed E-state index contributed by atoms with van der Waals surface area (Å²) in [4.78, 5) is 2.35. The number of benzene rings is 4. The van der Waals surface area contributed by atoms with Crippen molar-refractivity contribution in [3.63, 3.8) is 0 Å². The molecule has 4 aromatic rings. The predicted molar refractivity (Wildman–Crippen MR) is 118 cm³/mol. The van der Waals surface area contributed by atoms with Crippen LogP contribution in [0, 0.1) is 0 Å². The van der Waals surface area contributed by atoms with Crippen molar-refractivity contribution in [3.05, 3.63) is 72.8 Å². The molecule has 0 fully saturated rings. The first-order chi connectivity index (χ1) is 14.7. The van der Waals surface area contributed by atoms with Crippen LogP contribution in [-0.2, 0) is 0 Å². The van der Waals surface area contributed by atoms with E-state index in [0.717, 1.165) is 45.9 Å². The number of hydrogen-bond acceptors (Lipinski definition) is 4. The van der Waals surface area contributed by atoms with Crippen LogP contribution in [-0.4, -0.2) is 13.3 Å². The van der Waals surface area contributed by atoms with Crippen LogP contribution in [0.15, 0.2) is 72.8 Å². The van der Waals surface area contributed by atoms with Gasteiger partial charge in [-0.15, -0.1) is 0 Å². The summed E-state index contributed by atoms with van der Waals surface area (Å²) in [5, 5.41) is 0. The van der Waals surface area contributed by atoms with Gasteiger partial charge in [-0.1, -0.05) is 0 Å². The van der Waals surface area contributed by atoms with E-state index in [4.69, 9.17) is 14.2 Å². The third-order valence-corrected chi connectivity index (χ3v) is 16.2. The Hall–Kier alpha value is -3.38. The molecule has 0 saturated carbocycles. The summed E-state index contributed by atoms with van der Waals surface area (Å²) in [7, 11) is 0. The molecule has 0 bridgehead atoms. The Balaban J connectivity index is 1.60. The second-order valence-electron chi connectivity index (χ2n) is 8.30. The van der Waals surface area contributed by atoms with Crippen molar-refractivity contribution in [1.82, 2.24) is 0 Å². The van der Waals surface area contributed by atoms with Gasteiger partial charge in [0, 0.05) is 0 Å². The van der Waals surface area contributed by atoms with Gasteiger partial charge in [-0.3, -0.25) is 0 Å². The van der Waals surface area contributed by atoms with Crippen LogP contribution < -0.4 is 32.3 Å². The zero-order chi connectivity index (χ0) is 19.6. The van der Waals surface area contributed by atoms with Crippen LogP contribution in [0.25, 0.3) is 0 Å². The van der Waals surface area contributed by atoms with Crippen LogP contribution >= 0.6 is 0 Å². The maximum absolute atomic E-state index is 6.46. The number of rotatable bonds is 0. The van der Waals surface area contributed by atoms with Crippen molar-refractivity contribution in [1.29, 1.82) is 0 Å². The second-order valence-corrected chi connectivity index (χ2v) is 16.2. The summed E-state index contributed by atoms with van der Waals surface area (Å²) in [6.45, 7) is 0. The molecule has 0 N–H and O–H groups in total. The molecule has 0 amide bonds. The fraction of sp³-hybridized carbons (Fsp3) is 0.0400. The van der Waals surface area contributed by atoms with Gasteiger partial charge in [0.15, 0.2) is 0 Å². The first-order valence-electron chi connectivity index (χ1n) is 10.1. The van der Waals surface area contributed by atoms with E-state index in [0.29, 0.717) is 0 Å². The predicted octanol–water partition coefficient (Wildman–Crippen LogP) is 4.89. The van der Waals surface area contributed by atoms with Crippen LogP contribution in [0.1, 0.15) is 0 Å². The molecule has 30 heavy (non-hydrogen) atoms. The zero-order valence-corrected chi connectivity index (χ0v) is 18.2. The van der Waals surface area contributed by atoms with Gasteiger partial charge in [-0.2, -0.15) is 0 Å². The summed E-state index contributed by atoms with van der Waals surface area (Å²) in [5.41, 5.74) is 3.40. The third-order valence-electron chi connectivity index (χ3n) is 6.83. The van der Waals surface area contributed by atoms with Gasteiger partial charge in [-0.25, -0.2) is 0 Å². The van der Waals surface area contributed by atoms with Crippen molar-refractivity contribution in [2.45, 2.75) is 5.76 Å². The van der Waals surface area contributed by atoms with E-state index in [1.165, 1.54) is 18.9 Å². The van der Waals surface area contributed by atoms with Crippen LogP contribution in [0.5, 0.6) is 34.5 Å². The van der Waals surface area contributed by atoms with Crippen molar-refractivity contribution in [2.75, 3.05) is 4.90 Å². The fourth-order valence-corrected chi connectivity index (χ4v) is 15.5. The molecule has 0 spiro atoms. The van der Waals surface area contributed by atoms with Gasteiger partial charge in [0.2, 0.25) is 0 Å². The minimum absolute atomic E-state index is 0.869. The van der Waals surface area contributed by atoms with Gasteiger partial charge in [-0.05, 0) is 0 Å². The van der Waals surface area contributed by atoms with E-state index in [1.807, 2.05) is 24.3 Å². The second kappa shape index (κ2) is 4.85. The topological polar surface area (TPSA) is 30.9 Å². The fourth-order valence-electron chi connectivity index (χ4n) is 5.72. The first kappa shape index (κ1) is 15.5.